The molecule has 4 heteroatoms. The minimum atomic E-state index is 0.0828. The standard InChI is InChI=1S/C8H14N2OS/c1-12-7-8(11)10-6-4-2-3-5-9/h2-4,6-7H2,1H3,(H,10,11). The summed E-state index contributed by atoms with van der Waals surface area (Å²) in [7, 11) is 0. The van der Waals surface area contributed by atoms with Crippen LogP contribution in [-0.4, -0.2) is 24.5 Å². The molecule has 0 fully saturated rings. The van der Waals surface area contributed by atoms with Gasteiger partial charge in [0, 0.05) is 13.0 Å². The monoisotopic (exact) mass is 186 g/mol. The number of hydrogen-bond donors (Lipinski definition) is 1. The van der Waals surface area contributed by atoms with Gasteiger partial charge in [0.2, 0.25) is 5.91 Å². The molecule has 1 N–H and O–H groups in total. The molecule has 68 valence electrons. The predicted octanol–water partition coefficient (Wildman–Crippen LogP) is 1.16. The third-order valence-corrected chi connectivity index (χ3v) is 1.86. The summed E-state index contributed by atoms with van der Waals surface area (Å²) in [5, 5.41) is 11.0. The molecule has 0 bridgehead atoms. The molecule has 0 unspecified atom stereocenters. The molecule has 1 amide bonds. The normalized spacial score (nSPS) is 9.00. The molecule has 0 aromatic heterocycles. The molecule has 0 heterocycles. The van der Waals surface area contributed by atoms with Crippen molar-refractivity contribution in [2.75, 3.05) is 18.6 Å². The fourth-order valence-electron chi connectivity index (χ4n) is 0.739. The van der Waals surface area contributed by atoms with Gasteiger partial charge in [-0.3, -0.25) is 4.79 Å². The summed E-state index contributed by atoms with van der Waals surface area (Å²) >= 11 is 1.51. The molecule has 0 aliphatic heterocycles. The summed E-state index contributed by atoms with van der Waals surface area (Å²) in [6, 6.07) is 2.06. The summed E-state index contributed by atoms with van der Waals surface area (Å²) < 4.78 is 0. The largest absolute Gasteiger partial charge is 0.355 e. The van der Waals surface area contributed by atoms with Crippen molar-refractivity contribution in [1.82, 2.24) is 5.32 Å². The Morgan fingerprint density at radius 3 is 2.92 bits per heavy atom. The van der Waals surface area contributed by atoms with Crippen molar-refractivity contribution in [2.24, 2.45) is 0 Å². The second kappa shape index (κ2) is 8.41. The minimum Gasteiger partial charge on any atom is -0.355 e. The SMILES string of the molecule is CSCC(=O)NCCCCC#N. The van der Waals surface area contributed by atoms with E-state index in [1.807, 2.05) is 6.26 Å². The van der Waals surface area contributed by atoms with Crippen LogP contribution in [0, 0.1) is 11.3 Å². The maximum atomic E-state index is 10.9. The number of thioether (sulfide) groups is 1. The fourth-order valence-corrected chi connectivity index (χ4v) is 1.10. The lowest BCUT2D eigenvalue weighted by molar-refractivity contribution is -0.118. The Balaban J connectivity index is 3.09. The minimum absolute atomic E-state index is 0.0828. The molecule has 0 radical (unpaired) electrons. The van der Waals surface area contributed by atoms with E-state index in [2.05, 4.69) is 11.4 Å². The first kappa shape index (κ1) is 11.3. The Hall–Kier alpha value is -0.690. The van der Waals surface area contributed by atoms with E-state index in [-0.39, 0.29) is 5.91 Å². The Bertz CT molecular complexity index is 165. The summed E-state index contributed by atoms with van der Waals surface area (Å²) in [5.41, 5.74) is 0. The van der Waals surface area contributed by atoms with Crippen molar-refractivity contribution in [3.8, 4) is 6.07 Å². The lowest BCUT2D eigenvalue weighted by Gasteiger charge is -2.01. The van der Waals surface area contributed by atoms with Crippen LogP contribution in [0.2, 0.25) is 0 Å². The average Bonchev–Trinajstić information content (AvgIpc) is 2.05. The second-order valence-corrected chi connectivity index (χ2v) is 3.26. The van der Waals surface area contributed by atoms with Crippen LogP contribution in [0.3, 0.4) is 0 Å². The van der Waals surface area contributed by atoms with E-state index in [4.69, 9.17) is 5.26 Å². The highest BCUT2D eigenvalue weighted by atomic mass is 32.2. The smallest absolute Gasteiger partial charge is 0.229 e. The molecule has 0 aromatic rings. The molecule has 0 rings (SSSR count). The lowest BCUT2D eigenvalue weighted by atomic mass is 10.2. The number of nitrogens with one attached hydrogen (secondary N) is 1. The lowest BCUT2D eigenvalue weighted by Crippen LogP contribution is -2.25. The Kier molecular flexibility index (Phi) is 7.92. The van der Waals surface area contributed by atoms with Crippen LogP contribution in [0.1, 0.15) is 19.3 Å². The zero-order valence-corrected chi connectivity index (χ0v) is 8.12. The van der Waals surface area contributed by atoms with E-state index < -0.39 is 0 Å². The molecule has 12 heavy (non-hydrogen) atoms. The van der Waals surface area contributed by atoms with E-state index in [1.54, 1.807) is 0 Å². The molecule has 0 aromatic carbocycles. The summed E-state index contributed by atoms with van der Waals surface area (Å²) in [5.74, 6) is 0.609. The van der Waals surface area contributed by atoms with E-state index in [1.165, 1.54) is 11.8 Å². The van der Waals surface area contributed by atoms with Crippen molar-refractivity contribution < 1.29 is 4.79 Å². The Labute approximate surface area is 77.5 Å². The maximum absolute atomic E-state index is 10.9. The molecule has 0 aliphatic rings. The summed E-state index contributed by atoms with van der Waals surface area (Å²) in [6.07, 6.45) is 4.25. The van der Waals surface area contributed by atoms with Gasteiger partial charge in [-0.25, -0.2) is 0 Å². The van der Waals surface area contributed by atoms with E-state index in [0.29, 0.717) is 18.7 Å². The average molecular weight is 186 g/mol. The number of hydrogen-bond acceptors (Lipinski definition) is 3. The molecule has 0 saturated heterocycles. The van der Waals surface area contributed by atoms with Gasteiger partial charge in [-0.15, -0.1) is 0 Å². The van der Waals surface area contributed by atoms with Gasteiger partial charge in [-0.05, 0) is 19.1 Å². The molecular weight excluding hydrogens is 172 g/mol. The molecule has 0 aliphatic carbocycles. The van der Waals surface area contributed by atoms with Gasteiger partial charge in [0.15, 0.2) is 0 Å². The second-order valence-electron chi connectivity index (χ2n) is 2.40. The third-order valence-electron chi connectivity index (χ3n) is 1.31. The highest BCUT2D eigenvalue weighted by molar-refractivity contribution is 7.99. The van der Waals surface area contributed by atoms with Crippen molar-refractivity contribution >= 4 is 17.7 Å². The first-order chi connectivity index (χ1) is 5.81. The quantitative estimate of drug-likeness (QED) is 0.633. The Morgan fingerprint density at radius 2 is 2.33 bits per heavy atom. The van der Waals surface area contributed by atoms with Crippen LogP contribution in [0.5, 0.6) is 0 Å². The van der Waals surface area contributed by atoms with E-state index in [9.17, 15) is 4.79 Å². The van der Waals surface area contributed by atoms with Crippen molar-refractivity contribution in [3.05, 3.63) is 0 Å². The van der Waals surface area contributed by atoms with Gasteiger partial charge in [-0.1, -0.05) is 0 Å². The van der Waals surface area contributed by atoms with Crippen LogP contribution in [-0.2, 0) is 4.79 Å². The van der Waals surface area contributed by atoms with Crippen molar-refractivity contribution in [3.63, 3.8) is 0 Å². The van der Waals surface area contributed by atoms with Crippen LogP contribution >= 0.6 is 11.8 Å². The highest BCUT2D eigenvalue weighted by Crippen LogP contribution is 1.93. The summed E-state index contributed by atoms with van der Waals surface area (Å²) in [4.78, 5) is 10.9. The number of nitrogens with zero attached hydrogens (tertiary/aromatic N) is 1. The van der Waals surface area contributed by atoms with Crippen LogP contribution in [0.4, 0.5) is 0 Å². The summed E-state index contributed by atoms with van der Waals surface area (Å²) in [6.45, 7) is 0.696. The third kappa shape index (κ3) is 7.42. The van der Waals surface area contributed by atoms with Gasteiger partial charge in [0.25, 0.3) is 0 Å². The molecule has 0 saturated carbocycles. The van der Waals surface area contributed by atoms with E-state index >= 15 is 0 Å². The van der Waals surface area contributed by atoms with Crippen LogP contribution in [0.25, 0.3) is 0 Å². The number of rotatable bonds is 6. The van der Waals surface area contributed by atoms with Crippen molar-refractivity contribution in [1.29, 1.82) is 5.26 Å². The predicted molar refractivity (Wildman–Crippen MR) is 50.9 cm³/mol. The van der Waals surface area contributed by atoms with Crippen molar-refractivity contribution in [2.45, 2.75) is 19.3 Å². The topological polar surface area (TPSA) is 52.9 Å². The van der Waals surface area contributed by atoms with E-state index in [0.717, 1.165) is 12.8 Å². The molecule has 0 atom stereocenters. The maximum Gasteiger partial charge on any atom is 0.229 e. The Morgan fingerprint density at radius 1 is 1.58 bits per heavy atom. The molecule has 0 spiro atoms. The van der Waals surface area contributed by atoms with Gasteiger partial charge in [-0.2, -0.15) is 17.0 Å². The molecule has 3 nitrogen and oxygen atoms in total. The fraction of sp³-hybridized carbons (Fsp3) is 0.750. The number of unbranched alkanes of at least 4 members (excludes halogenated alkanes) is 2. The zero-order chi connectivity index (χ0) is 9.23. The number of carbonyl (C=O) groups excluding carboxylic acids is 1. The van der Waals surface area contributed by atoms with Crippen LogP contribution < -0.4 is 5.32 Å². The zero-order valence-electron chi connectivity index (χ0n) is 7.30. The molecular formula is C8H14N2OS. The van der Waals surface area contributed by atoms with Gasteiger partial charge >= 0.3 is 0 Å². The van der Waals surface area contributed by atoms with Crippen LogP contribution in [0.15, 0.2) is 0 Å². The van der Waals surface area contributed by atoms with Gasteiger partial charge < -0.3 is 5.32 Å². The van der Waals surface area contributed by atoms with Gasteiger partial charge in [0.1, 0.15) is 0 Å². The van der Waals surface area contributed by atoms with Gasteiger partial charge in [0.05, 0.1) is 11.8 Å². The number of carbonyl (C=O) groups is 1. The highest BCUT2D eigenvalue weighted by Gasteiger charge is 1.96. The number of amides is 1. The number of nitriles is 1. The first-order valence-electron chi connectivity index (χ1n) is 3.94. The first-order valence-corrected chi connectivity index (χ1v) is 5.33.